The van der Waals surface area contributed by atoms with Crippen LogP contribution in [0.2, 0.25) is 0 Å². The number of likely N-dealkylation sites (N-methyl/N-ethyl adjacent to an activating group) is 1. The molecule has 1 aliphatic rings. The summed E-state index contributed by atoms with van der Waals surface area (Å²) in [6.45, 7) is 6.29. The van der Waals surface area contributed by atoms with Crippen LogP contribution in [0.25, 0.3) is 0 Å². The highest BCUT2D eigenvalue weighted by atomic mass is 19.1. The average molecular weight is 281 g/mol. The number of rotatable bonds is 8. The first-order valence-electron chi connectivity index (χ1n) is 7.29. The summed E-state index contributed by atoms with van der Waals surface area (Å²) in [5.74, 6) is 0.573. The molecule has 20 heavy (non-hydrogen) atoms. The largest absolute Gasteiger partial charge is 0.383 e. The van der Waals surface area contributed by atoms with Crippen LogP contribution in [-0.4, -0.2) is 37.3 Å². The molecule has 0 spiro atoms. The van der Waals surface area contributed by atoms with Crippen LogP contribution in [0.15, 0.2) is 12.3 Å². The van der Waals surface area contributed by atoms with Gasteiger partial charge in [0.2, 0.25) is 0 Å². The van der Waals surface area contributed by atoms with Crippen molar-refractivity contribution in [3.8, 4) is 0 Å². The summed E-state index contributed by atoms with van der Waals surface area (Å²) in [7, 11) is 1.69. The zero-order valence-corrected chi connectivity index (χ0v) is 12.5. The number of nitrogens with one attached hydrogen (secondary N) is 1. The molecular weight excluding hydrogens is 257 g/mol. The molecule has 2 rings (SSSR count). The molecule has 1 heterocycles. The highest BCUT2D eigenvalue weighted by molar-refractivity contribution is 5.47. The Morgan fingerprint density at radius 2 is 2.30 bits per heavy atom. The zero-order chi connectivity index (χ0) is 14.5. The number of nitrogens with zero attached hydrogens (tertiary/aromatic N) is 2. The van der Waals surface area contributed by atoms with E-state index in [2.05, 4.69) is 29.0 Å². The summed E-state index contributed by atoms with van der Waals surface area (Å²) >= 11 is 0. The molecule has 1 saturated carbocycles. The fourth-order valence-corrected chi connectivity index (χ4v) is 2.41. The first kappa shape index (κ1) is 15.2. The number of methoxy groups -OCH3 is 1. The highest BCUT2D eigenvalue weighted by Gasteiger charge is 2.22. The predicted octanol–water partition coefficient (Wildman–Crippen LogP) is 2.33. The molecule has 1 aliphatic carbocycles. The van der Waals surface area contributed by atoms with Crippen molar-refractivity contribution < 1.29 is 9.13 Å². The van der Waals surface area contributed by atoms with Gasteiger partial charge in [-0.25, -0.2) is 9.37 Å². The van der Waals surface area contributed by atoms with Gasteiger partial charge in [0.15, 0.2) is 0 Å². The van der Waals surface area contributed by atoms with Crippen LogP contribution in [0, 0.1) is 5.82 Å². The maximum absolute atomic E-state index is 13.5. The summed E-state index contributed by atoms with van der Waals surface area (Å²) in [5.41, 5.74) is 0.918. The molecule has 1 aromatic rings. The lowest BCUT2D eigenvalue weighted by molar-refractivity contribution is 0.181. The molecule has 1 fully saturated rings. The van der Waals surface area contributed by atoms with Gasteiger partial charge < -0.3 is 15.0 Å². The average Bonchev–Trinajstić information content (AvgIpc) is 3.23. The van der Waals surface area contributed by atoms with Gasteiger partial charge >= 0.3 is 0 Å². The van der Waals surface area contributed by atoms with Crippen LogP contribution in [0.4, 0.5) is 10.2 Å². The molecule has 112 valence electrons. The van der Waals surface area contributed by atoms with Gasteiger partial charge in [0.1, 0.15) is 11.6 Å². The van der Waals surface area contributed by atoms with Gasteiger partial charge in [-0.3, -0.25) is 0 Å². The lowest BCUT2D eigenvalue weighted by atomic mass is 10.2. The fourth-order valence-electron chi connectivity index (χ4n) is 2.41. The van der Waals surface area contributed by atoms with E-state index >= 15 is 0 Å². The number of halogens is 1. The van der Waals surface area contributed by atoms with Crippen molar-refractivity contribution in [2.45, 2.75) is 45.3 Å². The van der Waals surface area contributed by atoms with Crippen LogP contribution in [0.3, 0.4) is 0 Å². The molecule has 5 heteroatoms. The third kappa shape index (κ3) is 3.90. The highest BCUT2D eigenvalue weighted by Crippen LogP contribution is 2.24. The molecule has 1 unspecified atom stereocenters. The first-order valence-corrected chi connectivity index (χ1v) is 7.29. The minimum absolute atomic E-state index is 0.211. The molecule has 0 aromatic carbocycles. The number of anilines is 1. The molecule has 0 amide bonds. The molecular formula is C15H24FN3O. The second-order valence-corrected chi connectivity index (χ2v) is 5.38. The molecule has 1 atom stereocenters. The molecule has 0 aliphatic heterocycles. The Kier molecular flexibility index (Phi) is 5.31. The van der Waals surface area contributed by atoms with Gasteiger partial charge in [0, 0.05) is 31.8 Å². The Morgan fingerprint density at radius 3 is 2.90 bits per heavy atom. The molecule has 4 nitrogen and oxygen atoms in total. The Labute approximate surface area is 120 Å². The van der Waals surface area contributed by atoms with E-state index in [1.54, 1.807) is 13.2 Å². The molecule has 0 saturated heterocycles. The smallest absolute Gasteiger partial charge is 0.141 e. The summed E-state index contributed by atoms with van der Waals surface area (Å²) in [6, 6.07) is 2.39. The quantitative estimate of drug-likeness (QED) is 0.793. The zero-order valence-electron chi connectivity index (χ0n) is 12.5. The lowest BCUT2D eigenvalue weighted by Crippen LogP contribution is -2.37. The van der Waals surface area contributed by atoms with E-state index in [1.807, 2.05) is 0 Å². The van der Waals surface area contributed by atoms with Crippen molar-refractivity contribution in [3.63, 3.8) is 0 Å². The van der Waals surface area contributed by atoms with Gasteiger partial charge in [0.05, 0.1) is 18.8 Å². The minimum Gasteiger partial charge on any atom is -0.383 e. The van der Waals surface area contributed by atoms with E-state index in [0.717, 1.165) is 17.9 Å². The van der Waals surface area contributed by atoms with Crippen molar-refractivity contribution in [2.75, 3.05) is 25.2 Å². The summed E-state index contributed by atoms with van der Waals surface area (Å²) in [5, 5.41) is 3.43. The minimum atomic E-state index is -0.281. The van der Waals surface area contributed by atoms with Gasteiger partial charge in [-0.15, -0.1) is 0 Å². The lowest BCUT2D eigenvalue weighted by Gasteiger charge is -2.30. The standard InChI is InChI=1S/C15H24FN3O/c1-4-19(11(2)10-20-3)15-12(7-13(16)9-18-15)8-17-14-5-6-14/h7,9,11,14,17H,4-6,8,10H2,1-3H3. The maximum Gasteiger partial charge on any atom is 0.141 e. The van der Waals surface area contributed by atoms with E-state index < -0.39 is 0 Å². The number of aromatic nitrogens is 1. The predicted molar refractivity (Wildman–Crippen MR) is 78.4 cm³/mol. The van der Waals surface area contributed by atoms with Gasteiger partial charge in [0.25, 0.3) is 0 Å². The van der Waals surface area contributed by atoms with E-state index in [4.69, 9.17) is 4.74 Å². The number of hydrogen-bond donors (Lipinski definition) is 1. The Balaban J connectivity index is 2.17. The van der Waals surface area contributed by atoms with E-state index in [0.29, 0.717) is 19.2 Å². The SMILES string of the molecule is CCN(c1ncc(F)cc1CNC1CC1)C(C)COC. The van der Waals surface area contributed by atoms with Crippen molar-refractivity contribution in [1.29, 1.82) is 0 Å². The van der Waals surface area contributed by atoms with Crippen molar-refractivity contribution in [3.05, 3.63) is 23.6 Å². The van der Waals surface area contributed by atoms with Gasteiger partial charge in [-0.2, -0.15) is 0 Å². The van der Waals surface area contributed by atoms with Crippen molar-refractivity contribution in [1.82, 2.24) is 10.3 Å². The van der Waals surface area contributed by atoms with Crippen LogP contribution in [0.1, 0.15) is 32.3 Å². The van der Waals surface area contributed by atoms with Gasteiger partial charge in [-0.05, 0) is 32.8 Å². The number of hydrogen-bond acceptors (Lipinski definition) is 4. The summed E-state index contributed by atoms with van der Waals surface area (Å²) < 4.78 is 18.7. The third-order valence-corrected chi connectivity index (χ3v) is 3.62. The Bertz CT molecular complexity index is 437. The Morgan fingerprint density at radius 1 is 1.55 bits per heavy atom. The van der Waals surface area contributed by atoms with Crippen LogP contribution >= 0.6 is 0 Å². The third-order valence-electron chi connectivity index (χ3n) is 3.62. The molecule has 1 N–H and O–H groups in total. The number of ether oxygens (including phenoxy) is 1. The van der Waals surface area contributed by atoms with E-state index in [-0.39, 0.29) is 11.9 Å². The van der Waals surface area contributed by atoms with Crippen LogP contribution in [-0.2, 0) is 11.3 Å². The topological polar surface area (TPSA) is 37.4 Å². The van der Waals surface area contributed by atoms with Crippen molar-refractivity contribution in [2.24, 2.45) is 0 Å². The second kappa shape index (κ2) is 6.99. The molecule has 0 bridgehead atoms. The Hall–Kier alpha value is -1.20. The normalized spacial score (nSPS) is 16.2. The van der Waals surface area contributed by atoms with E-state index in [9.17, 15) is 4.39 Å². The van der Waals surface area contributed by atoms with Crippen LogP contribution < -0.4 is 10.2 Å². The molecule has 1 aromatic heterocycles. The second-order valence-electron chi connectivity index (χ2n) is 5.38. The monoisotopic (exact) mass is 281 g/mol. The molecule has 0 radical (unpaired) electrons. The fraction of sp³-hybridized carbons (Fsp3) is 0.667. The number of pyridine rings is 1. The van der Waals surface area contributed by atoms with Gasteiger partial charge in [-0.1, -0.05) is 0 Å². The summed E-state index contributed by atoms with van der Waals surface area (Å²) in [6.07, 6.45) is 3.73. The summed E-state index contributed by atoms with van der Waals surface area (Å²) in [4.78, 5) is 6.47. The van der Waals surface area contributed by atoms with E-state index in [1.165, 1.54) is 19.0 Å². The van der Waals surface area contributed by atoms with Crippen LogP contribution in [0.5, 0.6) is 0 Å². The van der Waals surface area contributed by atoms with Crippen molar-refractivity contribution >= 4 is 5.82 Å². The first-order chi connectivity index (χ1) is 9.65. The maximum atomic E-state index is 13.5.